The standard InChI is InChI=1S/C45H87NO8/c1-3-5-7-9-11-13-15-17-18-19-20-21-23-25-27-29-31-33-35-41(49)46-38(37-53-45-44(52)43(51)42(50)40(36-47)54-45)39(48)34-32-30-28-26-24-22-16-14-12-10-8-6-4-2/h30,32,38-40,42-45,47-48,50-52H,3-29,31,33-37H2,1-2H3,(H,46,49)/t38-,39+,40+,42+,43?,44?,45+/m0/s1. The minimum Gasteiger partial charge on any atom is -0.394 e. The zero-order chi connectivity index (χ0) is 39.5. The number of nitrogens with one attached hydrogen (secondary N) is 1. The molecule has 9 nitrogen and oxygen atoms in total. The van der Waals surface area contributed by atoms with Crippen LogP contribution in [0.4, 0.5) is 0 Å². The predicted octanol–water partition coefficient (Wildman–Crippen LogP) is 9.34. The Morgan fingerprint density at radius 1 is 0.611 bits per heavy atom. The van der Waals surface area contributed by atoms with Crippen molar-refractivity contribution < 1.29 is 39.8 Å². The lowest BCUT2D eigenvalue weighted by molar-refractivity contribution is -0.302. The van der Waals surface area contributed by atoms with Gasteiger partial charge in [-0.2, -0.15) is 0 Å². The number of allylic oxidation sites excluding steroid dienone is 1. The number of carbonyl (C=O) groups is 1. The van der Waals surface area contributed by atoms with Crippen molar-refractivity contribution in [3.8, 4) is 0 Å². The van der Waals surface area contributed by atoms with Crippen molar-refractivity contribution in [2.45, 2.75) is 256 Å². The lowest BCUT2D eigenvalue weighted by Gasteiger charge is -2.40. The van der Waals surface area contributed by atoms with Crippen LogP contribution in [-0.4, -0.2) is 87.5 Å². The average molecular weight is 770 g/mol. The van der Waals surface area contributed by atoms with Gasteiger partial charge in [0.2, 0.25) is 5.91 Å². The molecule has 54 heavy (non-hydrogen) atoms. The first-order valence-electron chi connectivity index (χ1n) is 22.9. The zero-order valence-electron chi connectivity index (χ0n) is 35.0. The highest BCUT2D eigenvalue weighted by atomic mass is 16.7. The first-order valence-corrected chi connectivity index (χ1v) is 22.9. The molecule has 1 aliphatic rings. The summed E-state index contributed by atoms with van der Waals surface area (Å²) in [5, 5.41) is 54.2. The van der Waals surface area contributed by atoms with E-state index in [0.717, 1.165) is 32.1 Å². The lowest BCUT2D eigenvalue weighted by Crippen LogP contribution is -2.60. The van der Waals surface area contributed by atoms with Crippen LogP contribution in [0.5, 0.6) is 0 Å². The van der Waals surface area contributed by atoms with Gasteiger partial charge < -0.3 is 40.3 Å². The SMILES string of the molecule is CCCCCCCCCCCCC=CC[C@@H](O)[C@H](CO[C@@H]1O[C@H](CO)[C@@H](O)C(O)C1O)NC(=O)CCCCCCCCCCCCCCCCCCCC. The maximum Gasteiger partial charge on any atom is 0.220 e. The summed E-state index contributed by atoms with van der Waals surface area (Å²) in [6.45, 7) is 3.80. The molecular formula is C45H87NO8. The molecule has 1 rings (SSSR count). The molecule has 0 aromatic rings. The molecule has 0 spiro atoms. The second-order valence-electron chi connectivity index (χ2n) is 16.2. The highest BCUT2D eigenvalue weighted by Gasteiger charge is 2.44. The number of amides is 1. The minimum absolute atomic E-state index is 0.165. The molecule has 6 N–H and O–H groups in total. The summed E-state index contributed by atoms with van der Waals surface area (Å²) in [4.78, 5) is 12.9. The summed E-state index contributed by atoms with van der Waals surface area (Å²) in [5.41, 5.74) is 0. The Morgan fingerprint density at radius 3 is 1.48 bits per heavy atom. The van der Waals surface area contributed by atoms with E-state index in [4.69, 9.17) is 9.47 Å². The third-order valence-corrected chi connectivity index (χ3v) is 11.1. The lowest BCUT2D eigenvalue weighted by atomic mass is 9.99. The fraction of sp³-hybridized carbons (Fsp3) is 0.933. The summed E-state index contributed by atoms with van der Waals surface area (Å²) >= 11 is 0. The molecule has 1 saturated heterocycles. The Labute approximate surface area is 331 Å². The highest BCUT2D eigenvalue weighted by Crippen LogP contribution is 2.23. The number of rotatable bonds is 38. The quantitative estimate of drug-likeness (QED) is 0.0269. The van der Waals surface area contributed by atoms with Gasteiger partial charge in [0.05, 0.1) is 25.4 Å². The van der Waals surface area contributed by atoms with Crippen LogP contribution in [0.2, 0.25) is 0 Å². The van der Waals surface area contributed by atoms with Crippen LogP contribution in [0.3, 0.4) is 0 Å². The maximum absolute atomic E-state index is 12.9. The molecule has 1 heterocycles. The van der Waals surface area contributed by atoms with Gasteiger partial charge in [-0.15, -0.1) is 0 Å². The number of aliphatic hydroxyl groups is 5. The number of carbonyl (C=O) groups excluding carboxylic acids is 1. The van der Waals surface area contributed by atoms with E-state index in [-0.39, 0.29) is 12.5 Å². The fourth-order valence-electron chi connectivity index (χ4n) is 7.39. The van der Waals surface area contributed by atoms with E-state index in [0.29, 0.717) is 12.8 Å². The average Bonchev–Trinajstić information content (AvgIpc) is 3.17. The summed E-state index contributed by atoms with van der Waals surface area (Å²) in [6, 6.07) is -0.762. The summed E-state index contributed by atoms with van der Waals surface area (Å²) in [6.07, 6.45) is 33.8. The number of hydrogen-bond donors (Lipinski definition) is 6. The summed E-state index contributed by atoms with van der Waals surface area (Å²) in [7, 11) is 0. The van der Waals surface area contributed by atoms with Crippen LogP contribution in [0.15, 0.2) is 12.2 Å². The fourth-order valence-corrected chi connectivity index (χ4v) is 7.39. The van der Waals surface area contributed by atoms with Gasteiger partial charge in [-0.05, 0) is 25.7 Å². The molecule has 9 heteroatoms. The number of hydrogen-bond acceptors (Lipinski definition) is 8. The normalized spacial score (nSPS) is 21.5. The van der Waals surface area contributed by atoms with Crippen LogP contribution in [0.1, 0.15) is 213 Å². The van der Waals surface area contributed by atoms with Gasteiger partial charge in [-0.3, -0.25) is 4.79 Å². The molecule has 7 atom stereocenters. The van der Waals surface area contributed by atoms with E-state index in [9.17, 15) is 30.3 Å². The van der Waals surface area contributed by atoms with Crippen LogP contribution >= 0.6 is 0 Å². The Kier molecular flexibility index (Phi) is 34.2. The van der Waals surface area contributed by atoms with Gasteiger partial charge in [0.15, 0.2) is 6.29 Å². The van der Waals surface area contributed by atoms with E-state index in [2.05, 4.69) is 25.2 Å². The van der Waals surface area contributed by atoms with Gasteiger partial charge in [0, 0.05) is 6.42 Å². The van der Waals surface area contributed by atoms with Gasteiger partial charge in [-0.1, -0.05) is 193 Å². The van der Waals surface area contributed by atoms with Crippen molar-refractivity contribution in [3.05, 3.63) is 12.2 Å². The number of unbranched alkanes of at least 4 members (excludes halogenated alkanes) is 27. The molecule has 0 saturated carbocycles. The summed E-state index contributed by atoms with van der Waals surface area (Å²) in [5.74, 6) is -0.165. The highest BCUT2D eigenvalue weighted by molar-refractivity contribution is 5.76. The minimum atomic E-state index is -1.56. The van der Waals surface area contributed by atoms with Gasteiger partial charge in [-0.25, -0.2) is 0 Å². The Hall–Kier alpha value is -1.07. The van der Waals surface area contributed by atoms with E-state index in [1.807, 2.05) is 6.08 Å². The topological polar surface area (TPSA) is 149 Å². The third kappa shape index (κ3) is 26.7. The zero-order valence-corrected chi connectivity index (χ0v) is 35.0. The Bertz CT molecular complexity index is 858. The van der Waals surface area contributed by atoms with E-state index >= 15 is 0 Å². The van der Waals surface area contributed by atoms with Crippen molar-refractivity contribution in [1.29, 1.82) is 0 Å². The Balaban J connectivity index is 2.33. The van der Waals surface area contributed by atoms with Crippen LogP contribution in [-0.2, 0) is 14.3 Å². The monoisotopic (exact) mass is 770 g/mol. The second kappa shape index (κ2) is 36.3. The smallest absolute Gasteiger partial charge is 0.220 e. The molecule has 1 amide bonds. The van der Waals surface area contributed by atoms with Crippen molar-refractivity contribution in [3.63, 3.8) is 0 Å². The molecule has 320 valence electrons. The molecule has 0 aromatic carbocycles. The first-order chi connectivity index (χ1) is 26.3. The molecule has 0 aliphatic carbocycles. The van der Waals surface area contributed by atoms with Crippen molar-refractivity contribution >= 4 is 5.91 Å². The van der Waals surface area contributed by atoms with Gasteiger partial charge in [0.1, 0.15) is 24.4 Å². The maximum atomic E-state index is 12.9. The van der Waals surface area contributed by atoms with Crippen LogP contribution in [0.25, 0.3) is 0 Å². The van der Waals surface area contributed by atoms with Crippen molar-refractivity contribution in [2.75, 3.05) is 13.2 Å². The number of aliphatic hydroxyl groups excluding tert-OH is 5. The predicted molar refractivity (Wildman–Crippen MR) is 221 cm³/mol. The molecular weight excluding hydrogens is 682 g/mol. The molecule has 0 aromatic heterocycles. The molecule has 2 unspecified atom stereocenters. The second-order valence-corrected chi connectivity index (χ2v) is 16.2. The summed E-state index contributed by atoms with van der Waals surface area (Å²) < 4.78 is 11.2. The van der Waals surface area contributed by atoms with Gasteiger partial charge in [0.25, 0.3) is 0 Å². The molecule has 1 aliphatic heterocycles. The van der Waals surface area contributed by atoms with E-state index in [1.165, 1.54) is 154 Å². The number of ether oxygens (including phenoxy) is 2. The molecule has 0 bridgehead atoms. The van der Waals surface area contributed by atoms with Crippen LogP contribution < -0.4 is 5.32 Å². The first kappa shape index (κ1) is 50.9. The van der Waals surface area contributed by atoms with Crippen molar-refractivity contribution in [1.82, 2.24) is 5.32 Å². The van der Waals surface area contributed by atoms with Crippen molar-refractivity contribution in [2.24, 2.45) is 0 Å². The third-order valence-electron chi connectivity index (χ3n) is 11.1. The van der Waals surface area contributed by atoms with E-state index in [1.54, 1.807) is 0 Å². The van der Waals surface area contributed by atoms with Gasteiger partial charge >= 0.3 is 0 Å². The largest absolute Gasteiger partial charge is 0.394 e. The molecule has 1 fully saturated rings. The van der Waals surface area contributed by atoms with Crippen LogP contribution in [0, 0.1) is 0 Å². The Morgan fingerprint density at radius 2 is 1.04 bits per heavy atom. The van der Waals surface area contributed by atoms with E-state index < -0.39 is 49.5 Å². The molecule has 0 radical (unpaired) electrons.